The lowest BCUT2D eigenvalue weighted by molar-refractivity contribution is 0.0708. The van der Waals surface area contributed by atoms with Gasteiger partial charge in [0.1, 0.15) is 12.4 Å². The molecule has 1 unspecified atom stereocenters. The number of carbonyl (C=O) groups is 1. The molecule has 1 amide bonds. The van der Waals surface area contributed by atoms with Crippen LogP contribution in [0.15, 0.2) is 54.6 Å². The van der Waals surface area contributed by atoms with Gasteiger partial charge in [0.05, 0.1) is 0 Å². The highest BCUT2D eigenvalue weighted by atomic mass is 16.5. The highest BCUT2D eigenvalue weighted by Crippen LogP contribution is 2.17. The minimum atomic E-state index is 0.0727. The number of rotatable bonds is 4. The van der Waals surface area contributed by atoms with Gasteiger partial charge in [0.15, 0.2) is 0 Å². The maximum absolute atomic E-state index is 12.6. The highest BCUT2D eigenvalue weighted by Gasteiger charge is 2.21. The van der Waals surface area contributed by atoms with Crippen LogP contribution in [0.25, 0.3) is 0 Å². The normalized spacial score (nSPS) is 17.8. The summed E-state index contributed by atoms with van der Waals surface area (Å²) in [6, 6.07) is 17.8. The van der Waals surface area contributed by atoms with Gasteiger partial charge in [-0.3, -0.25) is 4.79 Å². The van der Waals surface area contributed by atoms with Crippen molar-refractivity contribution in [1.29, 1.82) is 0 Å². The highest BCUT2D eigenvalue weighted by molar-refractivity contribution is 5.94. The van der Waals surface area contributed by atoms with Crippen LogP contribution < -0.4 is 10.1 Å². The molecule has 2 aromatic carbocycles. The summed E-state index contributed by atoms with van der Waals surface area (Å²) < 4.78 is 5.81. The predicted molar refractivity (Wildman–Crippen MR) is 90.6 cm³/mol. The molecule has 4 heteroatoms. The van der Waals surface area contributed by atoms with Crippen molar-refractivity contribution in [3.05, 3.63) is 65.7 Å². The van der Waals surface area contributed by atoms with Crippen LogP contribution >= 0.6 is 0 Å². The zero-order chi connectivity index (χ0) is 16.1. The molecule has 1 N–H and O–H groups in total. The fourth-order valence-electron chi connectivity index (χ4n) is 2.76. The number of hydrogen-bond donors (Lipinski definition) is 1. The van der Waals surface area contributed by atoms with E-state index in [1.165, 1.54) is 0 Å². The molecule has 0 aromatic heterocycles. The number of amides is 1. The molecule has 0 bridgehead atoms. The molecule has 0 spiro atoms. The van der Waals surface area contributed by atoms with E-state index in [-0.39, 0.29) is 5.91 Å². The molecule has 1 atom stereocenters. The Kier molecular flexibility index (Phi) is 4.93. The molecule has 2 aromatic rings. The molecule has 1 saturated heterocycles. The first-order chi connectivity index (χ1) is 11.2. The Morgan fingerprint density at radius 1 is 1.22 bits per heavy atom. The largest absolute Gasteiger partial charge is 0.489 e. The van der Waals surface area contributed by atoms with Gasteiger partial charge in [-0.15, -0.1) is 0 Å². The Balaban J connectivity index is 1.66. The van der Waals surface area contributed by atoms with Crippen molar-refractivity contribution in [2.24, 2.45) is 0 Å². The molecule has 1 heterocycles. The lowest BCUT2D eigenvalue weighted by atomic mass is 10.1. The quantitative estimate of drug-likeness (QED) is 0.944. The summed E-state index contributed by atoms with van der Waals surface area (Å²) in [5.74, 6) is 0.798. The van der Waals surface area contributed by atoms with Crippen molar-refractivity contribution in [3.63, 3.8) is 0 Å². The van der Waals surface area contributed by atoms with Crippen molar-refractivity contribution < 1.29 is 9.53 Å². The minimum absolute atomic E-state index is 0.0727. The first kappa shape index (κ1) is 15.6. The smallest absolute Gasteiger partial charge is 0.254 e. The molecule has 0 radical (unpaired) electrons. The van der Waals surface area contributed by atoms with Crippen LogP contribution in [-0.2, 0) is 6.61 Å². The van der Waals surface area contributed by atoms with Gasteiger partial charge < -0.3 is 15.0 Å². The first-order valence-corrected chi connectivity index (χ1v) is 8.02. The van der Waals surface area contributed by atoms with E-state index in [9.17, 15) is 4.79 Å². The third kappa shape index (κ3) is 4.11. The van der Waals surface area contributed by atoms with Gasteiger partial charge in [-0.05, 0) is 30.7 Å². The second kappa shape index (κ2) is 7.29. The lowest BCUT2D eigenvalue weighted by Gasteiger charge is -2.32. The molecule has 23 heavy (non-hydrogen) atoms. The van der Waals surface area contributed by atoms with Gasteiger partial charge in [-0.25, -0.2) is 0 Å². The topological polar surface area (TPSA) is 41.6 Å². The molecule has 0 saturated carbocycles. The number of piperazine rings is 1. The summed E-state index contributed by atoms with van der Waals surface area (Å²) in [6.45, 7) is 4.94. The number of nitrogens with one attached hydrogen (secondary N) is 1. The van der Waals surface area contributed by atoms with Crippen molar-refractivity contribution in [2.75, 3.05) is 19.6 Å². The summed E-state index contributed by atoms with van der Waals surface area (Å²) in [7, 11) is 0. The molecular formula is C19H22N2O2. The molecule has 1 aliphatic rings. The Bertz CT molecular complexity index is 657. The fourth-order valence-corrected chi connectivity index (χ4v) is 2.76. The average molecular weight is 310 g/mol. The number of ether oxygens (including phenoxy) is 1. The van der Waals surface area contributed by atoms with Crippen molar-refractivity contribution >= 4 is 5.91 Å². The lowest BCUT2D eigenvalue weighted by Crippen LogP contribution is -2.51. The summed E-state index contributed by atoms with van der Waals surface area (Å²) in [5, 5.41) is 3.35. The van der Waals surface area contributed by atoms with Crippen molar-refractivity contribution in [3.8, 4) is 5.75 Å². The van der Waals surface area contributed by atoms with Gasteiger partial charge in [-0.1, -0.05) is 36.4 Å². The zero-order valence-electron chi connectivity index (χ0n) is 13.4. The number of hydrogen-bond acceptors (Lipinski definition) is 3. The van der Waals surface area contributed by atoms with Gasteiger partial charge >= 0.3 is 0 Å². The Hall–Kier alpha value is -2.33. The van der Waals surface area contributed by atoms with E-state index in [2.05, 4.69) is 12.2 Å². The van der Waals surface area contributed by atoms with Crippen LogP contribution in [0.3, 0.4) is 0 Å². The second-order valence-electron chi connectivity index (χ2n) is 5.91. The number of benzene rings is 2. The Labute approximate surface area is 137 Å². The van der Waals surface area contributed by atoms with E-state index >= 15 is 0 Å². The maximum Gasteiger partial charge on any atom is 0.254 e. The van der Waals surface area contributed by atoms with Crippen LogP contribution in [0.4, 0.5) is 0 Å². The summed E-state index contributed by atoms with van der Waals surface area (Å²) in [5.41, 5.74) is 1.80. The molecule has 1 fully saturated rings. The van der Waals surface area contributed by atoms with Gasteiger partial charge in [0.25, 0.3) is 5.91 Å². The van der Waals surface area contributed by atoms with E-state index in [0.717, 1.165) is 30.9 Å². The SMILES string of the molecule is CC1CN(C(=O)c2cccc(OCc3ccccc3)c2)CCN1. The standard InChI is InChI=1S/C19H22N2O2/c1-15-13-21(11-10-20-15)19(22)17-8-5-9-18(12-17)23-14-16-6-3-2-4-7-16/h2-9,12,15,20H,10-11,13-14H2,1H3. The molecule has 3 rings (SSSR count). The van der Waals surface area contributed by atoms with Gasteiger partial charge in [-0.2, -0.15) is 0 Å². The Morgan fingerprint density at radius 3 is 2.83 bits per heavy atom. The van der Waals surface area contributed by atoms with Crippen LogP contribution in [0.1, 0.15) is 22.8 Å². The second-order valence-corrected chi connectivity index (χ2v) is 5.91. The molecule has 0 aliphatic carbocycles. The van der Waals surface area contributed by atoms with Crippen LogP contribution in [0.2, 0.25) is 0 Å². The van der Waals surface area contributed by atoms with E-state index in [0.29, 0.717) is 18.2 Å². The average Bonchev–Trinajstić information content (AvgIpc) is 2.60. The molecule has 120 valence electrons. The predicted octanol–water partition coefficient (Wildman–Crippen LogP) is 2.70. The van der Waals surface area contributed by atoms with Crippen molar-refractivity contribution in [2.45, 2.75) is 19.6 Å². The molecule has 1 aliphatic heterocycles. The van der Waals surface area contributed by atoms with E-state index in [4.69, 9.17) is 4.74 Å². The summed E-state index contributed by atoms with van der Waals surface area (Å²) >= 11 is 0. The Morgan fingerprint density at radius 2 is 2.04 bits per heavy atom. The van der Waals surface area contributed by atoms with E-state index in [1.807, 2.05) is 59.5 Å². The summed E-state index contributed by atoms with van der Waals surface area (Å²) in [6.07, 6.45) is 0. The van der Waals surface area contributed by atoms with E-state index in [1.54, 1.807) is 0 Å². The van der Waals surface area contributed by atoms with Crippen LogP contribution in [0.5, 0.6) is 5.75 Å². The van der Waals surface area contributed by atoms with E-state index < -0.39 is 0 Å². The molecular weight excluding hydrogens is 288 g/mol. The summed E-state index contributed by atoms with van der Waals surface area (Å²) in [4.78, 5) is 14.5. The number of carbonyl (C=O) groups excluding carboxylic acids is 1. The fraction of sp³-hybridized carbons (Fsp3) is 0.316. The van der Waals surface area contributed by atoms with Crippen molar-refractivity contribution in [1.82, 2.24) is 10.2 Å². The van der Waals surface area contributed by atoms with Crippen LogP contribution in [0, 0.1) is 0 Å². The maximum atomic E-state index is 12.6. The monoisotopic (exact) mass is 310 g/mol. The van der Waals surface area contributed by atoms with Crippen LogP contribution in [-0.4, -0.2) is 36.5 Å². The zero-order valence-corrected chi connectivity index (χ0v) is 13.4. The number of nitrogens with zero attached hydrogens (tertiary/aromatic N) is 1. The third-order valence-corrected chi connectivity index (χ3v) is 3.99. The van der Waals surface area contributed by atoms with Gasteiger partial charge in [0, 0.05) is 31.2 Å². The third-order valence-electron chi connectivity index (χ3n) is 3.99. The molecule has 4 nitrogen and oxygen atoms in total. The van der Waals surface area contributed by atoms with Gasteiger partial charge in [0.2, 0.25) is 0 Å². The minimum Gasteiger partial charge on any atom is -0.489 e. The first-order valence-electron chi connectivity index (χ1n) is 8.02.